The maximum atomic E-state index is 11.7. The monoisotopic (exact) mass is 269 g/mol. The van der Waals surface area contributed by atoms with Crippen LogP contribution in [-0.4, -0.2) is 24.8 Å². The standard InChI is InChI=1S/C11H12ClN3O3/c1-2-18-10(16)9-7(4-3-5-8(9)12)6-14-15-11(13)17/h3-6H,2H2,1H3,(H3,13,15,17). The quantitative estimate of drug-likeness (QED) is 0.493. The van der Waals surface area contributed by atoms with Crippen LogP contribution < -0.4 is 11.2 Å². The summed E-state index contributed by atoms with van der Waals surface area (Å²) in [5.74, 6) is -0.552. The molecule has 7 heteroatoms. The molecule has 6 nitrogen and oxygen atoms in total. The van der Waals surface area contributed by atoms with E-state index in [-0.39, 0.29) is 17.2 Å². The molecule has 0 aliphatic heterocycles. The minimum Gasteiger partial charge on any atom is -0.462 e. The number of hydrogen-bond acceptors (Lipinski definition) is 4. The van der Waals surface area contributed by atoms with Gasteiger partial charge in [0, 0.05) is 5.56 Å². The molecule has 0 spiro atoms. The second-order valence-corrected chi connectivity index (χ2v) is 3.57. The second kappa shape index (κ2) is 6.61. The Morgan fingerprint density at radius 3 is 2.89 bits per heavy atom. The number of benzene rings is 1. The van der Waals surface area contributed by atoms with E-state index in [1.54, 1.807) is 25.1 Å². The Balaban J connectivity index is 3.04. The van der Waals surface area contributed by atoms with Gasteiger partial charge >= 0.3 is 12.0 Å². The third-order valence-electron chi connectivity index (χ3n) is 1.90. The van der Waals surface area contributed by atoms with Gasteiger partial charge in [-0.25, -0.2) is 15.0 Å². The molecule has 0 aromatic heterocycles. The molecule has 1 aromatic rings. The number of carbonyl (C=O) groups excluding carboxylic acids is 2. The number of urea groups is 1. The number of hydrogen-bond donors (Lipinski definition) is 2. The summed E-state index contributed by atoms with van der Waals surface area (Å²) in [5.41, 5.74) is 7.49. The largest absolute Gasteiger partial charge is 0.462 e. The number of amides is 2. The van der Waals surface area contributed by atoms with Crippen LogP contribution in [0.25, 0.3) is 0 Å². The molecule has 0 bridgehead atoms. The molecule has 0 fully saturated rings. The Bertz CT molecular complexity index is 488. The summed E-state index contributed by atoms with van der Waals surface area (Å²) < 4.78 is 4.88. The van der Waals surface area contributed by atoms with Crippen LogP contribution in [0.5, 0.6) is 0 Å². The molecule has 0 aliphatic carbocycles. The van der Waals surface area contributed by atoms with Crippen molar-refractivity contribution >= 4 is 29.8 Å². The number of rotatable bonds is 4. The minimum absolute atomic E-state index is 0.191. The van der Waals surface area contributed by atoms with Crippen molar-refractivity contribution in [2.75, 3.05) is 6.61 Å². The molecule has 0 aliphatic rings. The van der Waals surface area contributed by atoms with Crippen LogP contribution in [0.15, 0.2) is 23.3 Å². The second-order valence-electron chi connectivity index (χ2n) is 3.16. The number of carbonyl (C=O) groups is 2. The lowest BCUT2D eigenvalue weighted by atomic mass is 10.1. The third kappa shape index (κ3) is 3.74. The summed E-state index contributed by atoms with van der Waals surface area (Å²) in [5, 5.41) is 3.82. The Morgan fingerprint density at radius 2 is 2.28 bits per heavy atom. The molecule has 2 amide bonds. The van der Waals surface area contributed by atoms with Gasteiger partial charge in [-0.15, -0.1) is 0 Å². The van der Waals surface area contributed by atoms with Gasteiger partial charge in [0.05, 0.1) is 23.4 Å². The van der Waals surface area contributed by atoms with Crippen LogP contribution in [0.2, 0.25) is 5.02 Å². The highest BCUT2D eigenvalue weighted by molar-refractivity contribution is 6.34. The van der Waals surface area contributed by atoms with Gasteiger partial charge in [-0.1, -0.05) is 23.7 Å². The van der Waals surface area contributed by atoms with E-state index in [0.29, 0.717) is 5.56 Å². The number of nitrogens with one attached hydrogen (secondary N) is 1. The van der Waals surface area contributed by atoms with E-state index in [1.165, 1.54) is 6.21 Å². The van der Waals surface area contributed by atoms with Crippen molar-refractivity contribution in [1.29, 1.82) is 0 Å². The number of esters is 1. The topological polar surface area (TPSA) is 93.8 Å². The summed E-state index contributed by atoms with van der Waals surface area (Å²) in [7, 11) is 0. The summed E-state index contributed by atoms with van der Waals surface area (Å²) in [6.45, 7) is 1.93. The van der Waals surface area contributed by atoms with Gasteiger partial charge in [0.25, 0.3) is 0 Å². The molecule has 0 heterocycles. The maximum Gasteiger partial charge on any atom is 0.340 e. The Morgan fingerprint density at radius 1 is 1.56 bits per heavy atom. The first kappa shape index (κ1) is 14.0. The molecule has 18 heavy (non-hydrogen) atoms. The lowest BCUT2D eigenvalue weighted by Gasteiger charge is -2.07. The highest BCUT2D eigenvalue weighted by atomic mass is 35.5. The van der Waals surface area contributed by atoms with Crippen molar-refractivity contribution in [3.63, 3.8) is 0 Å². The van der Waals surface area contributed by atoms with Crippen LogP contribution in [0.3, 0.4) is 0 Å². The SMILES string of the molecule is CCOC(=O)c1c(Cl)cccc1C=NNC(N)=O. The molecule has 1 aromatic carbocycles. The molecular formula is C11H12ClN3O3. The average molecular weight is 270 g/mol. The fraction of sp³-hybridized carbons (Fsp3) is 0.182. The van der Waals surface area contributed by atoms with Gasteiger partial charge in [-0.3, -0.25) is 0 Å². The highest BCUT2D eigenvalue weighted by Crippen LogP contribution is 2.20. The molecule has 0 saturated carbocycles. The van der Waals surface area contributed by atoms with E-state index in [9.17, 15) is 9.59 Å². The van der Waals surface area contributed by atoms with Gasteiger partial charge < -0.3 is 10.5 Å². The zero-order valence-corrected chi connectivity index (χ0v) is 10.4. The Kier molecular flexibility index (Phi) is 5.13. The predicted octanol–water partition coefficient (Wildman–Crippen LogP) is 1.52. The summed E-state index contributed by atoms with van der Waals surface area (Å²) in [6, 6.07) is 4.03. The summed E-state index contributed by atoms with van der Waals surface area (Å²) in [4.78, 5) is 22.2. The van der Waals surface area contributed by atoms with Crippen molar-refractivity contribution < 1.29 is 14.3 Å². The van der Waals surface area contributed by atoms with Crippen molar-refractivity contribution in [1.82, 2.24) is 5.43 Å². The third-order valence-corrected chi connectivity index (χ3v) is 2.22. The Hall–Kier alpha value is -2.08. The van der Waals surface area contributed by atoms with Gasteiger partial charge in [0.1, 0.15) is 0 Å². The Labute approximate surface area is 109 Å². The molecule has 1 rings (SSSR count). The molecular weight excluding hydrogens is 258 g/mol. The van der Waals surface area contributed by atoms with Crippen molar-refractivity contribution in [2.45, 2.75) is 6.92 Å². The fourth-order valence-corrected chi connectivity index (χ4v) is 1.49. The first-order chi connectivity index (χ1) is 8.56. The first-order valence-electron chi connectivity index (χ1n) is 5.10. The molecule has 0 saturated heterocycles. The molecule has 0 radical (unpaired) electrons. The zero-order valence-electron chi connectivity index (χ0n) is 9.64. The van der Waals surface area contributed by atoms with Gasteiger partial charge in [-0.2, -0.15) is 5.10 Å². The highest BCUT2D eigenvalue weighted by Gasteiger charge is 2.15. The van der Waals surface area contributed by atoms with Gasteiger partial charge in [0.15, 0.2) is 0 Å². The number of nitrogens with two attached hydrogens (primary N) is 1. The molecule has 3 N–H and O–H groups in total. The van der Waals surface area contributed by atoms with E-state index in [0.717, 1.165) is 0 Å². The number of hydrazone groups is 1. The predicted molar refractivity (Wildman–Crippen MR) is 67.7 cm³/mol. The van der Waals surface area contributed by atoms with E-state index in [4.69, 9.17) is 22.1 Å². The number of halogens is 1. The van der Waals surface area contributed by atoms with Crippen molar-refractivity contribution in [3.05, 3.63) is 34.3 Å². The summed E-state index contributed by atoms with van der Waals surface area (Å²) in [6.07, 6.45) is 1.27. The van der Waals surface area contributed by atoms with Crippen LogP contribution >= 0.6 is 11.6 Å². The van der Waals surface area contributed by atoms with E-state index < -0.39 is 12.0 Å². The van der Waals surface area contributed by atoms with Crippen molar-refractivity contribution in [2.24, 2.45) is 10.8 Å². The van der Waals surface area contributed by atoms with E-state index in [2.05, 4.69) is 5.10 Å². The minimum atomic E-state index is -0.800. The van der Waals surface area contributed by atoms with E-state index in [1.807, 2.05) is 5.43 Å². The van der Waals surface area contributed by atoms with E-state index >= 15 is 0 Å². The maximum absolute atomic E-state index is 11.7. The average Bonchev–Trinajstić information content (AvgIpc) is 2.28. The molecule has 0 atom stereocenters. The normalized spacial score (nSPS) is 10.3. The van der Waals surface area contributed by atoms with Crippen LogP contribution in [0, 0.1) is 0 Å². The molecule has 96 valence electrons. The lowest BCUT2D eigenvalue weighted by molar-refractivity contribution is 0.0526. The van der Waals surface area contributed by atoms with Gasteiger partial charge in [-0.05, 0) is 13.0 Å². The number of primary amides is 1. The van der Waals surface area contributed by atoms with Crippen LogP contribution in [0.1, 0.15) is 22.8 Å². The summed E-state index contributed by atoms with van der Waals surface area (Å²) >= 11 is 5.93. The first-order valence-corrected chi connectivity index (χ1v) is 5.48. The van der Waals surface area contributed by atoms with Crippen LogP contribution in [-0.2, 0) is 4.74 Å². The van der Waals surface area contributed by atoms with Crippen molar-refractivity contribution in [3.8, 4) is 0 Å². The number of ether oxygens (including phenoxy) is 1. The fourth-order valence-electron chi connectivity index (χ4n) is 1.23. The number of nitrogens with zero attached hydrogens (tertiary/aromatic N) is 1. The van der Waals surface area contributed by atoms with Crippen LogP contribution in [0.4, 0.5) is 4.79 Å². The zero-order chi connectivity index (χ0) is 13.5. The lowest BCUT2D eigenvalue weighted by Crippen LogP contribution is -2.24. The smallest absolute Gasteiger partial charge is 0.340 e. The molecule has 0 unspecified atom stereocenters. The van der Waals surface area contributed by atoms with Gasteiger partial charge in [0.2, 0.25) is 0 Å².